The zero-order valence-electron chi connectivity index (χ0n) is 7.05. The predicted octanol–water partition coefficient (Wildman–Crippen LogP) is 0.370. The lowest BCUT2D eigenvalue weighted by Crippen LogP contribution is -2.40. The Morgan fingerprint density at radius 1 is 1.50 bits per heavy atom. The van der Waals surface area contributed by atoms with Gasteiger partial charge in [0.1, 0.15) is 0 Å². The zero-order chi connectivity index (χ0) is 8.55. The van der Waals surface area contributed by atoms with Crippen molar-refractivity contribution in [3.63, 3.8) is 0 Å². The maximum absolute atomic E-state index is 11.0. The van der Waals surface area contributed by atoms with Crippen molar-refractivity contribution in [3.05, 3.63) is 33.7 Å². The molecule has 64 valence electrons. The minimum atomic E-state index is 0.0195. The fourth-order valence-electron chi connectivity index (χ4n) is 1.38. The third kappa shape index (κ3) is 1.16. The van der Waals surface area contributed by atoms with E-state index in [-0.39, 0.29) is 5.56 Å². The van der Waals surface area contributed by atoms with Crippen LogP contribution in [0.5, 0.6) is 0 Å². The summed E-state index contributed by atoms with van der Waals surface area (Å²) in [5.74, 6) is 0.598. The van der Waals surface area contributed by atoms with Crippen LogP contribution in [0.4, 0.5) is 0 Å². The molecule has 1 aromatic heterocycles. The molecule has 0 bridgehead atoms. The van der Waals surface area contributed by atoms with Crippen LogP contribution in [-0.2, 0) is 0 Å². The Morgan fingerprint density at radius 3 is 2.75 bits per heavy atom. The first-order valence-electron chi connectivity index (χ1n) is 4.17. The molecular weight excluding hydrogens is 152 g/mol. The second-order valence-electron chi connectivity index (χ2n) is 3.30. The van der Waals surface area contributed by atoms with Gasteiger partial charge in [0.25, 0.3) is 5.56 Å². The molecule has 0 amide bonds. The van der Waals surface area contributed by atoms with Crippen molar-refractivity contribution in [2.24, 2.45) is 0 Å². The molecule has 3 nitrogen and oxygen atoms in total. The molecule has 2 heterocycles. The van der Waals surface area contributed by atoms with E-state index in [0.717, 1.165) is 18.7 Å². The monoisotopic (exact) mass is 164 g/mol. The van der Waals surface area contributed by atoms with Gasteiger partial charge in [-0.1, -0.05) is 0 Å². The summed E-state index contributed by atoms with van der Waals surface area (Å²) in [5.41, 5.74) is 2.07. The number of nitrogens with one attached hydrogen (secondary N) is 2. The summed E-state index contributed by atoms with van der Waals surface area (Å²) >= 11 is 0. The number of pyridine rings is 1. The molecule has 1 fully saturated rings. The molecule has 0 unspecified atom stereocenters. The fourth-order valence-corrected chi connectivity index (χ4v) is 1.38. The van der Waals surface area contributed by atoms with Gasteiger partial charge >= 0.3 is 0 Å². The summed E-state index contributed by atoms with van der Waals surface area (Å²) in [6, 6.07) is 1.98. The maximum Gasteiger partial charge on any atom is 0.250 e. The molecule has 2 N–H and O–H groups in total. The van der Waals surface area contributed by atoms with Crippen LogP contribution in [0.15, 0.2) is 17.1 Å². The molecule has 3 heteroatoms. The SMILES string of the molecule is Cc1cc(C2CNC2)c[nH]c1=O. The molecule has 0 aromatic carbocycles. The molecule has 0 saturated carbocycles. The van der Waals surface area contributed by atoms with Gasteiger partial charge in [-0.15, -0.1) is 0 Å². The normalized spacial score (nSPS) is 17.4. The van der Waals surface area contributed by atoms with Crippen LogP contribution in [0.1, 0.15) is 17.0 Å². The van der Waals surface area contributed by atoms with Gasteiger partial charge in [0, 0.05) is 30.8 Å². The van der Waals surface area contributed by atoms with E-state index in [1.54, 1.807) is 0 Å². The lowest BCUT2D eigenvalue weighted by atomic mass is 9.94. The molecule has 0 radical (unpaired) electrons. The average Bonchev–Trinajstić information content (AvgIpc) is 1.93. The van der Waals surface area contributed by atoms with Gasteiger partial charge in [-0.2, -0.15) is 0 Å². The zero-order valence-corrected chi connectivity index (χ0v) is 7.05. The molecule has 2 rings (SSSR count). The van der Waals surface area contributed by atoms with Crippen LogP contribution in [0.3, 0.4) is 0 Å². The summed E-state index contributed by atoms with van der Waals surface area (Å²) in [5, 5.41) is 3.20. The summed E-state index contributed by atoms with van der Waals surface area (Å²) in [6.45, 7) is 3.91. The van der Waals surface area contributed by atoms with Gasteiger partial charge in [-0.25, -0.2) is 0 Å². The van der Waals surface area contributed by atoms with Gasteiger partial charge in [0.15, 0.2) is 0 Å². The highest BCUT2D eigenvalue weighted by molar-refractivity contribution is 5.23. The highest BCUT2D eigenvalue weighted by atomic mass is 16.1. The first-order chi connectivity index (χ1) is 5.77. The summed E-state index contributed by atoms with van der Waals surface area (Å²) < 4.78 is 0. The molecule has 1 saturated heterocycles. The summed E-state index contributed by atoms with van der Waals surface area (Å²) in [7, 11) is 0. The minimum Gasteiger partial charge on any atom is -0.329 e. The standard InChI is InChI=1S/C9H12N2O/c1-6-2-7(5-11-9(6)12)8-3-10-4-8/h2,5,8,10H,3-4H2,1H3,(H,11,12). The van der Waals surface area contributed by atoms with E-state index in [1.165, 1.54) is 5.56 Å². The number of aromatic amines is 1. The van der Waals surface area contributed by atoms with Crippen LogP contribution < -0.4 is 10.9 Å². The molecule has 0 spiro atoms. The lowest BCUT2D eigenvalue weighted by molar-refractivity contribution is 0.447. The van der Waals surface area contributed by atoms with Gasteiger partial charge in [-0.3, -0.25) is 4.79 Å². The highest BCUT2D eigenvalue weighted by Crippen LogP contribution is 2.17. The summed E-state index contributed by atoms with van der Waals surface area (Å²) in [6.07, 6.45) is 1.82. The van der Waals surface area contributed by atoms with E-state index in [4.69, 9.17) is 0 Å². The van der Waals surface area contributed by atoms with Crippen LogP contribution in [0.25, 0.3) is 0 Å². The first kappa shape index (κ1) is 7.55. The van der Waals surface area contributed by atoms with Gasteiger partial charge in [-0.05, 0) is 18.6 Å². The van der Waals surface area contributed by atoms with E-state index < -0.39 is 0 Å². The number of aryl methyl sites for hydroxylation is 1. The van der Waals surface area contributed by atoms with Crippen LogP contribution in [-0.4, -0.2) is 18.1 Å². The molecule has 12 heavy (non-hydrogen) atoms. The smallest absolute Gasteiger partial charge is 0.250 e. The van der Waals surface area contributed by atoms with E-state index >= 15 is 0 Å². The molecule has 0 atom stereocenters. The van der Waals surface area contributed by atoms with Crippen LogP contribution in [0.2, 0.25) is 0 Å². The second kappa shape index (κ2) is 2.75. The van der Waals surface area contributed by atoms with Gasteiger partial charge < -0.3 is 10.3 Å². The van der Waals surface area contributed by atoms with Crippen molar-refractivity contribution in [2.45, 2.75) is 12.8 Å². The quantitative estimate of drug-likeness (QED) is 0.630. The largest absolute Gasteiger partial charge is 0.329 e. The molecule has 1 aromatic rings. The van der Waals surface area contributed by atoms with E-state index in [1.807, 2.05) is 19.2 Å². The lowest BCUT2D eigenvalue weighted by Gasteiger charge is -2.27. The minimum absolute atomic E-state index is 0.0195. The predicted molar refractivity (Wildman–Crippen MR) is 47.4 cm³/mol. The van der Waals surface area contributed by atoms with Crippen molar-refractivity contribution in [1.82, 2.24) is 10.3 Å². The molecule has 1 aliphatic heterocycles. The summed E-state index contributed by atoms with van der Waals surface area (Å²) in [4.78, 5) is 13.8. The van der Waals surface area contributed by atoms with Crippen molar-refractivity contribution >= 4 is 0 Å². The number of hydrogen-bond donors (Lipinski definition) is 2. The van der Waals surface area contributed by atoms with Crippen LogP contribution in [0, 0.1) is 6.92 Å². The molecular formula is C9H12N2O. The van der Waals surface area contributed by atoms with Crippen molar-refractivity contribution < 1.29 is 0 Å². The highest BCUT2D eigenvalue weighted by Gasteiger charge is 2.18. The second-order valence-corrected chi connectivity index (χ2v) is 3.30. The third-order valence-corrected chi connectivity index (χ3v) is 2.36. The topological polar surface area (TPSA) is 44.9 Å². The number of H-pyrrole nitrogens is 1. The fraction of sp³-hybridized carbons (Fsp3) is 0.444. The van der Waals surface area contributed by atoms with Crippen molar-refractivity contribution in [2.75, 3.05) is 13.1 Å². The molecule has 1 aliphatic rings. The average molecular weight is 164 g/mol. The number of aromatic nitrogens is 1. The Labute approximate surface area is 70.8 Å². The Hall–Kier alpha value is -1.09. The van der Waals surface area contributed by atoms with Gasteiger partial charge in [0.2, 0.25) is 0 Å². The van der Waals surface area contributed by atoms with E-state index in [2.05, 4.69) is 10.3 Å². The Kier molecular flexibility index (Phi) is 1.73. The van der Waals surface area contributed by atoms with E-state index in [9.17, 15) is 4.79 Å². The first-order valence-corrected chi connectivity index (χ1v) is 4.17. The Balaban J connectivity index is 2.33. The Morgan fingerprint density at radius 2 is 2.25 bits per heavy atom. The van der Waals surface area contributed by atoms with E-state index in [0.29, 0.717) is 5.92 Å². The van der Waals surface area contributed by atoms with Crippen molar-refractivity contribution in [1.29, 1.82) is 0 Å². The Bertz CT molecular complexity index is 339. The maximum atomic E-state index is 11.0. The number of hydrogen-bond acceptors (Lipinski definition) is 2. The number of rotatable bonds is 1. The van der Waals surface area contributed by atoms with Crippen molar-refractivity contribution in [3.8, 4) is 0 Å². The molecule has 0 aliphatic carbocycles. The third-order valence-electron chi connectivity index (χ3n) is 2.36. The van der Waals surface area contributed by atoms with Crippen LogP contribution >= 0.6 is 0 Å². The van der Waals surface area contributed by atoms with Gasteiger partial charge in [0.05, 0.1) is 0 Å².